The van der Waals surface area contributed by atoms with Crippen molar-refractivity contribution in [2.45, 2.75) is 19.6 Å². The van der Waals surface area contributed by atoms with Gasteiger partial charge in [-0.25, -0.2) is 0 Å². The van der Waals surface area contributed by atoms with Crippen molar-refractivity contribution in [3.05, 3.63) is 42.0 Å². The molecule has 2 aromatic rings. The van der Waals surface area contributed by atoms with E-state index in [-0.39, 0.29) is 0 Å². The van der Waals surface area contributed by atoms with Crippen LogP contribution in [0.25, 0.3) is 10.4 Å². The van der Waals surface area contributed by atoms with Gasteiger partial charge < -0.3 is 0 Å². The van der Waals surface area contributed by atoms with Gasteiger partial charge in [0.05, 0.1) is 19.7 Å². The van der Waals surface area contributed by atoms with Gasteiger partial charge >= 0.3 is 0 Å². The van der Waals surface area contributed by atoms with Crippen molar-refractivity contribution in [2.75, 3.05) is 0 Å². The average molecular weight is 257 g/mol. The Hall–Kier alpha value is -1.37. The van der Waals surface area contributed by atoms with E-state index in [1.165, 1.54) is 9.38 Å². The number of rotatable bonds is 2. The van der Waals surface area contributed by atoms with E-state index in [0.717, 1.165) is 11.1 Å². The monoisotopic (exact) mass is 257 g/mol. The van der Waals surface area contributed by atoms with Gasteiger partial charge in [0.2, 0.25) is 0 Å². The third-order valence-electron chi connectivity index (χ3n) is 2.62. The zero-order valence-corrected chi connectivity index (χ0v) is 12.1. The minimum Gasteiger partial charge on any atom is -0.192 e. The van der Waals surface area contributed by atoms with Crippen LogP contribution in [0.4, 0.5) is 0 Å². The quantitative estimate of drug-likeness (QED) is 0.750. The van der Waals surface area contributed by atoms with Gasteiger partial charge in [-0.1, -0.05) is 37.8 Å². The molecule has 3 heteroatoms. The molecule has 0 N–H and O–H groups in total. The molecule has 1 heterocycles. The highest BCUT2D eigenvalue weighted by Crippen LogP contribution is 2.25. The molecule has 17 heavy (non-hydrogen) atoms. The molecule has 0 unspecified atom stereocenters. The molecule has 1 aromatic carbocycles. The van der Waals surface area contributed by atoms with E-state index in [9.17, 15) is 0 Å². The summed E-state index contributed by atoms with van der Waals surface area (Å²) in [4.78, 5) is 1.26. The zero-order valence-electron chi connectivity index (χ0n) is 10.3. The maximum atomic E-state index is 8.90. The smallest absolute Gasteiger partial charge is 0.0991 e. The fourth-order valence-electron chi connectivity index (χ4n) is 1.64. The summed E-state index contributed by atoms with van der Waals surface area (Å²) >= 11 is 1.86. The van der Waals surface area contributed by atoms with Gasteiger partial charge in [0.25, 0.3) is 0 Å². The molecule has 0 saturated heterocycles. The summed E-state index contributed by atoms with van der Waals surface area (Å²) in [6, 6.07) is 14.4. The predicted octanol–water partition coefficient (Wildman–Crippen LogP) is 3.83. The van der Waals surface area contributed by atoms with E-state index < -0.39 is 8.07 Å². The predicted molar refractivity (Wildman–Crippen MR) is 77.5 cm³/mol. The summed E-state index contributed by atoms with van der Waals surface area (Å²) in [6.45, 7) is 7.07. The molecule has 0 amide bonds. The molecule has 2 rings (SSSR count). The lowest BCUT2D eigenvalue weighted by atomic mass is 10.1. The molecule has 0 radical (unpaired) electrons. The lowest BCUT2D eigenvalue weighted by molar-refractivity contribution is 1.49. The number of nitrogens with zero attached hydrogens (tertiary/aromatic N) is 1. The maximum Gasteiger partial charge on any atom is 0.0991 e. The number of hydrogen-bond donors (Lipinski definition) is 0. The fraction of sp³-hybridized carbons (Fsp3) is 0.214. The van der Waals surface area contributed by atoms with Crippen molar-refractivity contribution >= 4 is 23.9 Å². The number of hydrogen-bond acceptors (Lipinski definition) is 2. The average Bonchev–Trinajstić information content (AvgIpc) is 2.78. The van der Waals surface area contributed by atoms with Crippen molar-refractivity contribution in [3.8, 4) is 16.5 Å². The van der Waals surface area contributed by atoms with Gasteiger partial charge in [-0.3, -0.25) is 0 Å². The summed E-state index contributed by atoms with van der Waals surface area (Å²) in [5.41, 5.74) is 1.88. The second kappa shape index (κ2) is 4.48. The Morgan fingerprint density at radius 3 is 2.47 bits per heavy atom. The van der Waals surface area contributed by atoms with Crippen molar-refractivity contribution in [2.24, 2.45) is 0 Å². The van der Waals surface area contributed by atoms with Gasteiger partial charge in [-0.05, 0) is 28.3 Å². The van der Waals surface area contributed by atoms with Crippen LogP contribution in [0.15, 0.2) is 36.4 Å². The first-order valence-corrected chi connectivity index (χ1v) is 9.93. The normalized spacial score (nSPS) is 11.2. The Kier molecular flexibility index (Phi) is 3.19. The van der Waals surface area contributed by atoms with Gasteiger partial charge in [0, 0.05) is 4.88 Å². The van der Waals surface area contributed by atoms with Crippen LogP contribution in [-0.2, 0) is 0 Å². The van der Waals surface area contributed by atoms with E-state index in [1.54, 1.807) is 0 Å². The summed E-state index contributed by atoms with van der Waals surface area (Å²) < 4.78 is 1.51. The molecule has 0 bridgehead atoms. The minimum absolute atomic E-state index is 0.727. The first kappa shape index (κ1) is 12.1. The van der Waals surface area contributed by atoms with E-state index in [0.29, 0.717) is 0 Å². The Morgan fingerprint density at radius 2 is 1.88 bits per heavy atom. The van der Waals surface area contributed by atoms with Crippen LogP contribution in [0, 0.1) is 11.3 Å². The van der Waals surface area contributed by atoms with Gasteiger partial charge in [-0.2, -0.15) is 5.26 Å². The Morgan fingerprint density at radius 1 is 1.12 bits per heavy atom. The molecule has 0 aliphatic carbocycles. The highest BCUT2D eigenvalue weighted by molar-refractivity contribution is 7.28. The Balaban J connectivity index is 2.41. The Bertz CT molecular complexity index is 572. The molecule has 86 valence electrons. The van der Waals surface area contributed by atoms with Crippen molar-refractivity contribution < 1.29 is 0 Å². The van der Waals surface area contributed by atoms with Crippen molar-refractivity contribution in [3.63, 3.8) is 0 Å². The lowest BCUT2D eigenvalue weighted by Gasteiger charge is -2.12. The van der Waals surface area contributed by atoms with E-state index in [1.807, 2.05) is 29.5 Å². The largest absolute Gasteiger partial charge is 0.192 e. The number of nitriles is 1. The maximum absolute atomic E-state index is 8.90. The minimum atomic E-state index is -1.21. The van der Waals surface area contributed by atoms with Crippen LogP contribution in [0.5, 0.6) is 0 Å². The standard InChI is InChI=1S/C14H15NSSi/c1-17(2,3)14-8-7-13(16-14)12-6-4-5-11(9-12)10-15/h4-9H,1-3H3. The topological polar surface area (TPSA) is 23.8 Å². The fourth-order valence-corrected chi connectivity index (χ4v) is 4.53. The van der Waals surface area contributed by atoms with Crippen LogP contribution >= 0.6 is 11.3 Å². The molecule has 0 spiro atoms. The second-order valence-corrected chi connectivity index (χ2v) is 11.6. The van der Waals surface area contributed by atoms with Gasteiger partial charge in [-0.15, -0.1) is 11.3 Å². The number of thiophene rings is 1. The van der Waals surface area contributed by atoms with Crippen LogP contribution in [0.1, 0.15) is 5.56 Å². The van der Waals surface area contributed by atoms with Gasteiger partial charge in [0.1, 0.15) is 0 Å². The SMILES string of the molecule is C[Si](C)(C)c1ccc(-c2cccc(C#N)c2)s1. The molecule has 1 aromatic heterocycles. The molecular weight excluding hydrogens is 242 g/mol. The summed E-state index contributed by atoms with van der Waals surface area (Å²) in [6.07, 6.45) is 0. The van der Waals surface area contributed by atoms with E-state index in [4.69, 9.17) is 5.26 Å². The van der Waals surface area contributed by atoms with Crippen LogP contribution in [0.2, 0.25) is 19.6 Å². The van der Waals surface area contributed by atoms with E-state index in [2.05, 4.69) is 43.9 Å². The summed E-state index contributed by atoms with van der Waals surface area (Å²) in [7, 11) is -1.21. The zero-order chi connectivity index (χ0) is 12.5. The van der Waals surface area contributed by atoms with Gasteiger partial charge in [0.15, 0.2) is 0 Å². The first-order chi connectivity index (χ1) is 8.00. The summed E-state index contributed by atoms with van der Waals surface area (Å²) in [5.74, 6) is 0. The molecule has 0 atom stereocenters. The lowest BCUT2D eigenvalue weighted by Crippen LogP contribution is -2.34. The molecule has 0 aliphatic heterocycles. The molecule has 0 fully saturated rings. The van der Waals surface area contributed by atoms with Crippen molar-refractivity contribution in [1.29, 1.82) is 5.26 Å². The van der Waals surface area contributed by atoms with E-state index >= 15 is 0 Å². The first-order valence-electron chi connectivity index (χ1n) is 5.61. The van der Waals surface area contributed by atoms with Crippen LogP contribution in [-0.4, -0.2) is 8.07 Å². The molecule has 0 aliphatic rings. The third-order valence-corrected chi connectivity index (χ3v) is 7.36. The van der Waals surface area contributed by atoms with Crippen LogP contribution < -0.4 is 4.50 Å². The third kappa shape index (κ3) is 2.66. The molecule has 0 saturated carbocycles. The highest BCUT2D eigenvalue weighted by Gasteiger charge is 2.18. The molecule has 1 nitrogen and oxygen atoms in total. The number of benzene rings is 1. The summed E-state index contributed by atoms with van der Waals surface area (Å²) in [5, 5.41) is 8.90. The second-order valence-electron chi connectivity index (χ2n) is 5.11. The Labute approximate surface area is 107 Å². The molecular formula is C14H15NSSi. The highest BCUT2D eigenvalue weighted by atomic mass is 32.1. The van der Waals surface area contributed by atoms with Crippen LogP contribution in [0.3, 0.4) is 0 Å². The van der Waals surface area contributed by atoms with Crippen molar-refractivity contribution in [1.82, 2.24) is 0 Å².